The number of nitrogens with one attached hydrogen (secondary N) is 2. The van der Waals surface area contributed by atoms with Crippen molar-refractivity contribution in [1.82, 2.24) is 10.6 Å². The number of hydrogen-bond donors (Lipinski definition) is 2. The predicted molar refractivity (Wildman–Crippen MR) is 124 cm³/mol. The Morgan fingerprint density at radius 2 is 1.70 bits per heavy atom. The van der Waals surface area contributed by atoms with Crippen molar-refractivity contribution in [2.45, 2.75) is 61.0 Å². The third-order valence-corrected chi connectivity index (χ3v) is 7.43. The zero-order chi connectivity index (χ0) is 18.5. The van der Waals surface area contributed by atoms with Gasteiger partial charge in [0, 0.05) is 27.6 Å². The number of alkyl halides is 1. The Balaban J connectivity index is 1.59. The number of allylic oxidation sites excluding steroid dienone is 10. The molecule has 1 heterocycles. The number of halogens is 1. The average molecular weight is 474 g/mol. The second kappa shape index (κ2) is 9.42. The van der Waals surface area contributed by atoms with E-state index in [2.05, 4.69) is 87.9 Å². The summed E-state index contributed by atoms with van der Waals surface area (Å²) in [6.07, 6.45) is 29.2. The van der Waals surface area contributed by atoms with Crippen molar-refractivity contribution in [3.8, 4) is 0 Å². The molecule has 3 aliphatic carbocycles. The van der Waals surface area contributed by atoms with Gasteiger partial charge in [-0.2, -0.15) is 0 Å². The molecule has 0 aromatic heterocycles. The van der Waals surface area contributed by atoms with E-state index in [4.69, 9.17) is 0 Å². The summed E-state index contributed by atoms with van der Waals surface area (Å²) in [6, 6.07) is 1.10. The number of fused-ring (bicyclic) bond motifs is 1. The summed E-state index contributed by atoms with van der Waals surface area (Å²) < 4.78 is 0.869. The topological polar surface area (TPSA) is 24.1 Å². The normalized spacial score (nSPS) is 36.1. The molecule has 1 saturated carbocycles. The average Bonchev–Trinajstić information content (AvgIpc) is 2.89. The van der Waals surface area contributed by atoms with E-state index in [1.165, 1.54) is 61.8 Å². The molecule has 1 saturated heterocycles. The molecular weight excluding hydrogens is 443 g/mol. The molecule has 0 spiro atoms. The summed E-state index contributed by atoms with van der Waals surface area (Å²) in [7, 11) is 0. The van der Waals surface area contributed by atoms with Crippen LogP contribution in [0.5, 0.6) is 0 Å². The van der Waals surface area contributed by atoms with Crippen LogP contribution in [0.4, 0.5) is 0 Å². The highest BCUT2D eigenvalue weighted by molar-refractivity contribution is 14.1. The van der Waals surface area contributed by atoms with Crippen molar-refractivity contribution in [2.24, 2.45) is 5.92 Å². The third-order valence-electron chi connectivity index (χ3n) is 6.18. The maximum absolute atomic E-state index is 4.00. The quantitative estimate of drug-likeness (QED) is 0.416. The first-order chi connectivity index (χ1) is 13.3. The van der Waals surface area contributed by atoms with Crippen LogP contribution >= 0.6 is 22.6 Å². The fourth-order valence-corrected chi connectivity index (χ4v) is 5.36. The van der Waals surface area contributed by atoms with E-state index in [1.54, 1.807) is 0 Å². The molecule has 3 heteroatoms. The van der Waals surface area contributed by atoms with Gasteiger partial charge in [-0.3, -0.25) is 0 Å². The Hall–Kier alpha value is -1.07. The molecule has 2 atom stereocenters. The van der Waals surface area contributed by atoms with Crippen molar-refractivity contribution in [2.75, 3.05) is 6.54 Å². The lowest BCUT2D eigenvalue weighted by molar-refractivity contribution is 0.367. The van der Waals surface area contributed by atoms with Gasteiger partial charge in [0.05, 0.1) is 0 Å². The minimum Gasteiger partial charge on any atom is -0.385 e. The van der Waals surface area contributed by atoms with Crippen LogP contribution in [0.1, 0.15) is 44.9 Å². The Bertz CT molecular complexity index is 702. The maximum Gasteiger partial charge on any atom is 0.0342 e. The molecule has 2 N–H and O–H groups in total. The van der Waals surface area contributed by atoms with Gasteiger partial charge in [-0.05, 0) is 62.3 Å². The van der Waals surface area contributed by atoms with Gasteiger partial charge in [0.25, 0.3) is 0 Å². The minimum absolute atomic E-state index is 0.454. The van der Waals surface area contributed by atoms with Gasteiger partial charge >= 0.3 is 0 Å². The van der Waals surface area contributed by atoms with E-state index in [9.17, 15) is 0 Å². The molecule has 0 amide bonds. The highest BCUT2D eigenvalue weighted by Gasteiger charge is 2.31. The summed E-state index contributed by atoms with van der Waals surface area (Å²) in [4.78, 5) is 0. The first-order valence-corrected chi connectivity index (χ1v) is 11.8. The fraction of sp³-hybridized carbons (Fsp3) is 0.500. The van der Waals surface area contributed by atoms with Gasteiger partial charge in [-0.15, -0.1) is 0 Å². The second-order valence-corrected chi connectivity index (χ2v) is 9.91. The Morgan fingerprint density at radius 1 is 0.889 bits per heavy atom. The van der Waals surface area contributed by atoms with Gasteiger partial charge in [-0.25, -0.2) is 0 Å². The summed E-state index contributed by atoms with van der Waals surface area (Å²) >= 11 is 2.62. The van der Waals surface area contributed by atoms with Crippen LogP contribution in [-0.4, -0.2) is 22.6 Å². The molecular formula is C24H31IN2. The molecule has 2 unspecified atom stereocenters. The molecule has 4 rings (SSSR count). The van der Waals surface area contributed by atoms with Crippen LogP contribution in [0.2, 0.25) is 0 Å². The zero-order valence-corrected chi connectivity index (χ0v) is 18.2. The highest BCUT2D eigenvalue weighted by atomic mass is 127. The van der Waals surface area contributed by atoms with Crippen LogP contribution in [0.25, 0.3) is 0 Å². The van der Waals surface area contributed by atoms with Gasteiger partial charge < -0.3 is 10.6 Å². The number of rotatable bonds is 3. The van der Waals surface area contributed by atoms with E-state index < -0.39 is 0 Å². The molecule has 2 nitrogen and oxygen atoms in total. The maximum atomic E-state index is 4.00. The molecule has 0 aromatic carbocycles. The fourth-order valence-electron chi connectivity index (χ4n) is 4.64. The van der Waals surface area contributed by atoms with Crippen LogP contribution in [0, 0.1) is 5.92 Å². The van der Waals surface area contributed by atoms with Crippen molar-refractivity contribution < 1.29 is 0 Å². The molecule has 1 aliphatic heterocycles. The Labute approximate surface area is 177 Å². The first-order valence-electron chi connectivity index (χ1n) is 10.6. The summed E-state index contributed by atoms with van der Waals surface area (Å²) in [6.45, 7) is 1.13. The van der Waals surface area contributed by atoms with E-state index >= 15 is 0 Å². The molecule has 0 radical (unpaired) electrons. The van der Waals surface area contributed by atoms with E-state index in [-0.39, 0.29) is 0 Å². The van der Waals surface area contributed by atoms with Gasteiger partial charge in [0.1, 0.15) is 0 Å². The van der Waals surface area contributed by atoms with Crippen LogP contribution in [-0.2, 0) is 0 Å². The van der Waals surface area contributed by atoms with Crippen LogP contribution in [0.3, 0.4) is 0 Å². The van der Waals surface area contributed by atoms with E-state index in [1.807, 2.05) is 0 Å². The Morgan fingerprint density at radius 3 is 2.59 bits per heavy atom. The molecule has 0 bridgehead atoms. The summed E-state index contributed by atoms with van der Waals surface area (Å²) in [5.74, 6) is 0.599. The highest BCUT2D eigenvalue weighted by Crippen LogP contribution is 2.34. The standard InChI is InChI=1S/C24H31IN2/c25-20-11-13-21(14-12-20)27-24-17-19(18-8-4-2-1-3-5-9-18)16-23-22(24)10-6-7-15-26-23/h1-5,8-9,16-17,20-23,26-27H,6-7,10-15H2/b2-1-,3-1?,4-2?,5-3-,8-4?,9-5?,18-8?,18-9?. The van der Waals surface area contributed by atoms with Crippen molar-refractivity contribution >= 4 is 22.6 Å². The van der Waals surface area contributed by atoms with Crippen molar-refractivity contribution in [1.29, 1.82) is 0 Å². The van der Waals surface area contributed by atoms with Crippen LogP contribution < -0.4 is 10.6 Å². The second-order valence-electron chi connectivity index (χ2n) is 8.15. The lowest BCUT2D eigenvalue weighted by Crippen LogP contribution is -2.43. The molecule has 4 aliphatic rings. The van der Waals surface area contributed by atoms with Crippen molar-refractivity contribution in [3.63, 3.8) is 0 Å². The van der Waals surface area contributed by atoms with Crippen LogP contribution in [0.15, 0.2) is 71.5 Å². The van der Waals surface area contributed by atoms with Gasteiger partial charge in [0.2, 0.25) is 0 Å². The molecule has 0 aromatic rings. The lowest BCUT2D eigenvalue weighted by Gasteiger charge is -2.35. The number of hydrogen-bond acceptors (Lipinski definition) is 2. The summed E-state index contributed by atoms with van der Waals surface area (Å²) in [5.41, 5.74) is 4.13. The smallest absolute Gasteiger partial charge is 0.0342 e. The monoisotopic (exact) mass is 474 g/mol. The summed E-state index contributed by atoms with van der Waals surface area (Å²) in [5, 5.41) is 7.81. The van der Waals surface area contributed by atoms with E-state index in [0.717, 1.165) is 10.5 Å². The molecule has 27 heavy (non-hydrogen) atoms. The first kappa shape index (κ1) is 19.3. The Kier molecular flexibility index (Phi) is 6.72. The largest absolute Gasteiger partial charge is 0.385 e. The predicted octanol–water partition coefficient (Wildman–Crippen LogP) is 5.51. The molecule has 144 valence electrons. The van der Waals surface area contributed by atoms with Crippen molar-refractivity contribution in [3.05, 3.63) is 71.5 Å². The third kappa shape index (κ3) is 5.05. The minimum atomic E-state index is 0.454. The lowest BCUT2D eigenvalue weighted by atomic mass is 9.82. The zero-order valence-electron chi connectivity index (χ0n) is 16.0. The molecule has 2 fully saturated rings. The van der Waals surface area contributed by atoms with E-state index in [0.29, 0.717) is 18.0 Å². The van der Waals surface area contributed by atoms with Gasteiger partial charge in [0.15, 0.2) is 0 Å². The SMILES string of the molecule is IC1CCC(NC2=CC(C3=C/C=C\C=C/C=C3)=CC3NCCCCC23)CC1. The van der Waals surface area contributed by atoms with Gasteiger partial charge in [-0.1, -0.05) is 77.6 Å².